The quantitative estimate of drug-likeness (QED) is 0.834. The molecule has 138 valence electrons. The van der Waals surface area contributed by atoms with Crippen LogP contribution < -0.4 is 5.32 Å². The molecule has 0 aliphatic carbocycles. The number of nitrogens with one attached hydrogen (secondary N) is 1. The molecule has 1 aromatic heterocycles. The van der Waals surface area contributed by atoms with E-state index in [4.69, 9.17) is 23.2 Å². The number of carbonyl (C=O) groups is 2. The lowest BCUT2D eigenvalue weighted by molar-refractivity contribution is 0.0732. The molecule has 0 spiro atoms. The van der Waals surface area contributed by atoms with Crippen LogP contribution >= 0.6 is 34.5 Å². The monoisotopic (exact) mass is 412 g/mol. The van der Waals surface area contributed by atoms with Gasteiger partial charge in [-0.25, -0.2) is 4.98 Å². The van der Waals surface area contributed by atoms with Crippen LogP contribution in [0.4, 0.5) is 5.13 Å². The Labute approximate surface area is 165 Å². The Bertz CT molecular complexity index is 842. The smallest absolute Gasteiger partial charge is 0.273 e. The minimum atomic E-state index is -0.359. The van der Waals surface area contributed by atoms with Crippen LogP contribution in [-0.2, 0) is 0 Å². The molecule has 1 atom stereocenters. The third-order valence-corrected chi connectivity index (χ3v) is 5.86. The molecule has 0 unspecified atom stereocenters. The zero-order valence-electron chi connectivity index (χ0n) is 14.3. The van der Waals surface area contributed by atoms with Crippen LogP contribution in [0.5, 0.6) is 0 Å². The third kappa shape index (κ3) is 4.17. The average molecular weight is 413 g/mol. The predicted octanol–water partition coefficient (Wildman–Crippen LogP) is 3.48. The number of halogens is 2. The summed E-state index contributed by atoms with van der Waals surface area (Å²) in [6.07, 6.45) is 0.948. The Morgan fingerprint density at radius 2 is 2.12 bits per heavy atom. The van der Waals surface area contributed by atoms with Crippen LogP contribution in [-0.4, -0.2) is 59.8 Å². The Kier molecular flexibility index (Phi) is 5.82. The molecule has 1 saturated heterocycles. The van der Waals surface area contributed by atoms with Gasteiger partial charge in [0.2, 0.25) is 0 Å². The van der Waals surface area contributed by atoms with Crippen molar-refractivity contribution in [3.05, 3.63) is 44.9 Å². The standard InChI is InChI=1S/C17H18Cl2N4O2S/c1-22-6-5-11(8-22)23(2)16(25)14-9-26-17(20-14)21-15(24)10-3-4-12(18)13(19)7-10/h3-4,7,9,11H,5-6,8H2,1-2H3,(H,20,21,24)/t11-/m1/s1. The number of likely N-dealkylation sites (N-methyl/N-ethyl adjacent to an activating group) is 2. The fourth-order valence-electron chi connectivity index (χ4n) is 2.81. The van der Waals surface area contributed by atoms with Crippen molar-refractivity contribution in [2.75, 3.05) is 32.5 Å². The summed E-state index contributed by atoms with van der Waals surface area (Å²) in [5.41, 5.74) is 0.699. The van der Waals surface area contributed by atoms with E-state index in [2.05, 4.69) is 15.2 Å². The van der Waals surface area contributed by atoms with Crippen LogP contribution in [0, 0.1) is 0 Å². The lowest BCUT2D eigenvalue weighted by Crippen LogP contribution is -2.38. The Hall–Kier alpha value is -1.67. The summed E-state index contributed by atoms with van der Waals surface area (Å²) in [5.74, 6) is -0.501. The first kappa shape index (κ1) is 19.1. The lowest BCUT2D eigenvalue weighted by atomic mass is 10.2. The van der Waals surface area contributed by atoms with Gasteiger partial charge in [0.1, 0.15) is 5.69 Å². The predicted molar refractivity (Wildman–Crippen MR) is 105 cm³/mol. The highest BCUT2D eigenvalue weighted by molar-refractivity contribution is 7.14. The van der Waals surface area contributed by atoms with Crippen LogP contribution in [0.25, 0.3) is 0 Å². The van der Waals surface area contributed by atoms with Gasteiger partial charge in [-0.2, -0.15) is 0 Å². The van der Waals surface area contributed by atoms with E-state index in [1.165, 1.54) is 17.4 Å². The fraction of sp³-hybridized carbons (Fsp3) is 0.353. The van der Waals surface area contributed by atoms with Crippen LogP contribution in [0.3, 0.4) is 0 Å². The van der Waals surface area contributed by atoms with E-state index in [9.17, 15) is 9.59 Å². The van der Waals surface area contributed by atoms with Crippen LogP contribution in [0.1, 0.15) is 27.3 Å². The molecule has 1 aliphatic rings. The summed E-state index contributed by atoms with van der Waals surface area (Å²) in [7, 11) is 3.83. The first-order valence-corrected chi connectivity index (χ1v) is 9.66. The molecule has 0 radical (unpaired) electrons. The molecule has 2 amide bonds. The molecule has 1 N–H and O–H groups in total. The number of hydrogen-bond donors (Lipinski definition) is 1. The van der Waals surface area contributed by atoms with Gasteiger partial charge in [0.25, 0.3) is 11.8 Å². The number of carbonyl (C=O) groups excluding carboxylic acids is 2. The molecule has 0 bridgehead atoms. The van der Waals surface area contributed by atoms with Gasteiger partial charge < -0.3 is 9.80 Å². The molecule has 9 heteroatoms. The maximum Gasteiger partial charge on any atom is 0.273 e. The van der Waals surface area contributed by atoms with Gasteiger partial charge in [-0.05, 0) is 38.2 Å². The summed E-state index contributed by atoms with van der Waals surface area (Å²) in [6.45, 7) is 1.83. The SMILES string of the molecule is CN1CC[C@@H](N(C)C(=O)c2csc(NC(=O)c3ccc(Cl)c(Cl)c3)n2)C1. The van der Waals surface area contributed by atoms with Gasteiger partial charge in [0.05, 0.1) is 10.0 Å². The Morgan fingerprint density at radius 1 is 1.35 bits per heavy atom. The number of likely N-dealkylation sites (tertiary alicyclic amines) is 1. The highest BCUT2D eigenvalue weighted by Gasteiger charge is 2.28. The minimum absolute atomic E-state index is 0.142. The number of aromatic nitrogens is 1. The van der Waals surface area contributed by atoms with Crippen LogP contribution in [0.15, 0.2) is 23.6 Å². The lowest BCUT2D eigenvalue weighted by Gasteiger charge is -2.23. The van der Waals surface area contributed by atoms with Gasteiger partial charge in [-0.15, -0.1) is 11.3 Å². The number of benzene rings is 1. The van der Waals surface area contributed by atoms with Crippen molar-refractivity contribution >= 4 is 51.5 Å². The first-order chi connectivity index (χ1) is 12.3. The van der Waals surface area contributed by atoms with Gasteiger partial charge in [-0.3, -0.25) is 14.9 Å². The van der Waals surface area contributed by atoms with E-state index in [-0.39, 0.29) is 17.9 Å². The summed E-state index contributed by atoms with van der Waals surface area (Å²) in [4.78, 5) is 33.1. The number of thiazole rings is 1. The zero-order valence-corrected chi connectivity index (χ0v) is 16.7. The molecule has 2 aromatic rings. The van der Waals surface area contributed by atoms with Crippen LogP contribution in [0.2, 0.25) is 10.0 Å². The highest BCUT2D eigenvalue weighted by atomic mass is 35.5. The Morgan fingerprint density at radius 3 is 2.77 bits per heavy atom. The number of hydrogen-bond acceptors (Lipinski definition) is 5. The molecule has 1 aliphatic heterocycles. The zero-order chi connectivity index (χ0) is 18.8. The average Bonchev–Trinajstić information content (AvgIpc) is 3.25. The highest BCUT2D eigenvalue weighted by Crippen LogP contribution is 2.24. The normalized spacial score (nSPS) is 17.3. The van der Waals surface area contributed by atoms with Gasteiger partial charge in [0.15, 0.2) is 5.13 Å². The van der Waals surface area contributed by atoms with E-state index < -0.39 is 0 Å². The Balaban J connectivity index is 1.66. The molecule has 1 aromatic carbocycles. The van der Waals surface area contributed by atoms with E-state index in [1.807, 2.05) is 7.05 Å². The van der Waals surface area contributed by atoms with Gasteiger partial charge >= 0.3 is 0 Å². The van der Waals surface area contributed by atoms with Crippen molar-refractivity contribution in [3.63, 3.8) is 0 Å². The molecule has 0 saturated carbocycles. The van der Waals surface area contributed by atoms with Crippen molar-refractivity contribution in [2.45, 2.75) is 12.5 Å². The van der Waals surface area contributed by atoms with E-state index in [0.717, 1.165) is 19.5 Å². The molecule has 6 nitrogen and oxygen atoms in total. The maximum absolute atomic E-state index is 12.6. The van der Waals surface area contributed by atoms with Gasteiger partial charge in [-0.1, -0.05) is 23.2 Å². The summed E-state index contributed by atoms with van der Waals surface area (Å²) < 4.78 is 0. The van der Waals surface area contributed by atoms with E-state index >= 15 is 0 Å². The summed E-state index contributed by atoms with van der Waals surface area (Å²) >= 11 is 13.0. The first-order valence-electron chi connectivity index (χ1n) is 8.03. The van der Waals surface area contributed by atoms with Crippen molar-refractivity contribution in [3.8, 4) is 0 Å². The number of amides is 2. The second-order valence-electron chi connectivity index (χ2n) is 6.24. The number of rotatable bonds is 4. The van der Waals surface area contributed by atoms with Crippen molar-refractivity contribution in [1.29, 1.82) is 0 Å². The molecule has 26 heavy (non-hydrogen) atoms. The molecular formula is C17H18Cl2N4O2S. The largest absolute Gasteiger partial charge is 0.336 e. The minimum Gasteiger partial charge on any atom is -0.336 e. The van der Waals surface area contributed by atoms with Gasteiger partial charge in [0, 0.05) is 30.6 Å². The molecule has 3 rings (SSSR count). The summed E-state index contributed by atoms with van der Waals surface area (Å²) in [6, 6.07) is 4.81. The molecular weight excluding hydrogens is 395 g/mol. The molecule has 2 heterocycles. The third-order valence-electron chi connectivity index (χ3n) is 4.36. The van der Waals surface area contributed by atoms with E-state index in [1.54, 1.807) is 29.5 Å². The molecule has 1 fully saturated rings. The van der Waals surface area contributed by atoms with E-state index in [0.29, 0.717) is 26.4 Å². The topological polar surface area (TPSA) is 65.5 Å². The number of nitrogens with zero attached hydrogens (tertiary/aromatic N) is 3. The van der Waals surface area contributed by atoms with Crippen molar-refractivity contribution < 1.29 is 9.59 Å². The second-order valence-corrected chi connectivity index (χ2v) is 7.91. The number of anilines is 1. The summed E-state index contributed by atoms with van der Waals surface area (Å²) in [5, 5.41) is 5.38. The fourth-order valence-corrected chi connectivity index (χ4v) is 3.79. The maximum atomic E-state index is 12.6. The second kappa shape index (κ2) is 7.92. The van der Waals surface area contributed by atoms with Crippen molar-refractivity contribution in [2.24, 2.45) is 0 Å². The van der Waals surface area contributed by atoms with Crippen molar-refractivity contribution in [1.82, 2.24) is 14.8 Å².